The van der Waals surface area contributed by atoms with Crippen LogP contribution in [-0.2, 0) is 7.05 Å². The number of unbranched alkanes of at least 4 members (excludes halogenated alkanes) is 7. The first-order chi connectivity index (χ1) is 9.15. The van der Waals surface area contributed by atoms with Gasteiger partial charge in [-0.1, -0.05) is 51.9 Å². The fraction of sp³-hybridized carbons (Fsp3) is 0.750. The average molecular weight is 264 g/mol. The molecule has 0 aliphatic heterocycles. The molecule has 1 aromatic heterocycles. The summed E-state index contributed by atoms with van der Waals surface area (Å²) in [7, 11) is 1.86. The molecule has 0 aliphatic carbocycles. The van der Waals surface area contributed by atoms with Crippen molar-refractivity contribution >= 4 is 5.78 Å². The number of carbonyl (C=O) groups is 1. The van der Waals surface area contributed by atoms with Gasteiger partial charge in [-0.05, 0) is 13.3 Å². The van der Waals surface area contributed by atoms with Gasteiger partial charge in [-0.3, -0.25) is 9.48 Å². The maximum absolute atomic E-state index is 12.0. The quantitative estimate of drug-likeness (QED) is 0.462. The number of ketones is 1. The Labute approximate surface area is 117 Å². The molecule has 1 aromatic rings. The Bertz CT molecular complexity index is 382. The van der Waals surface area contributed by atoms with Gasteiger partial charge < -0.3 is 0 Å². The lowest BCUT2D eigenvalue weighted by atomic mass is 10.0. The van der Waals surface area contributed by atoms with Crippen molar-refractivity contribution in [2.45, 2.75) is 71.6 Å². The van der Waals surface area contributed by atoms with Crippen LogP contribution in [0.25, 0.3) is 0 Å². The number of aromatic nitrogens is 2. The second kappa shape index (κ2) is 8.89. The van der Waals surface area contributed by atoms with Crippen molar-refractivity contribution in [2.24, 2.45) is 7.05 Å². The van der Waals surface area contributed by atoms with E-state index >= 15 is 0 Å². The highest BCUT2D eigenvalue weighted by Gasteiger charge is 2.11. The largest absolute Gasteiger partial charge is 0.294 e. The lowest BCUT2D eigenvalue weighted by Gasteiger charge is -2.01. The van der Waals surface area contributed by atoms with Crippen molar-refractivity contribution in [1.29, 1.82) is 0 Å². The Morgan fingerprint density at radius 1 is 1.11 bits per heavy atom. The van der Waals surface area contributed by atoms with Crippen LogP contribution in [0.2, 0.25) is 0 Å². The molecule has 0 fully saturated rings. The van der Waals surface area contributed by atoms with Crippen molar-refractivity contribution < 1.29 is 4.79 Å². The Balaban J connectivity index is 2.09. The first-order valence-corrected chi connectivity index (χ1v) is 7.68. The molecule has 3 heteroatoms. The molecule has 0 aliphatic rings. The molecule has 108 valence electrons. The second-order valence-electron chi connectivity index (χ2n) is 5.45. The van der Waals surface area contributed by atoms with Crippen molar-refractivity contribution in [1.82, 2.24) is 9.78 Å². The highest BCUT2D eigenvalue weighted by atomic mass is 16.1. The summed E-state index contributed by atoms with van der Waals surface area (Å²) in [6, 6.07) is 0. The maximum Gasteiger partial charge on any atom is 0.166 e. The lowest BCUT2D eigenvalue weighted by molar-refractivity contribution is 0.0978. The smallest absolute Gasteiger partial charge is 0.166 e. The molecular weight excluding hydrogens is 236 g/mol. The van der Waals surface area contributed by atoms with Crippen LogP contribution in [0.1, 0.15) is 80.8 Å². The number of Topliss-reactive ketones (excluding diaryl/α,β-unsaturated/α-hetero) is 1. The Morgan fingerprint density at radius 2 is 1.68 bits per heavy atom. The van der Waals surface area contributed by atoms with Crippen LogP contribution in [-0.4, -0.2) is 15.6 Å². The minimum Gasteiger partial charge on any atom is -0.294 e. The van der Waals surface area contributed by atoms with Gasteiger partial charge in [-0.25, -0.2) is 0 Å². The standard InChI is InChI=1S/C16H28N2O/c1-4-5-6-7-8-9-10-11-12-16(19)15-13-18(3)17-14(15)2/h13H,4-12H2,1-3H3. The Kier molecular flexibility index (Phi) is 7.46. The van der Waals surface area contributed by atoms with E-state index in [1.54, 1.807) is 4.68 Å². The average Bonchev–Trinajstić information content (AvgIpc) is 2.71. The van der Waals surface area contributed by atoms with Crippen molar-refractivity contribution in [2.75, 3.05) is 0 Å². The van der Waals surface area contributed by atoms with Gasteiger partial charge in [-0.15, -0.1) is 0 Å². The van der Waals surface area contributed by atoms with Crippen molar-refractivity contribution in [3.8, 4) is 0 Å². The number of aryl methyl sites for hydroxylation is 2. The summed E-state index contributed by atoms with van der Waals surface area (Å²) >= 11 is 0. The van der Waals surface area contributed by atoms with Gasteiger partial charge in [0.05, 0.1) is 11.3 Å². The van der Waals surface area contributed by atoms with Crippen LogP contribution in [0.5, 0.6) is 0 Å². The van der Waals surface area contributed by atoms with E-state index in [9.17, 15) is 4.79 Å². The van der Waals surface area contributed by atoms with Crippen LogP contribution >= 0.6 is 0 Å². The minimum absolute atomic E-state index is 0.247. The van der Waals surface area contributed by atoms with Gasteiger partial charge in [0.2, 0.25) is 0 Å². The molecule has 0 saturated carbocycles. The summed E-state index contributed by atoms with van der Waals surface area (Å²) in [6.07, 6.45) is 12.7. The molecule has 0 unspecified atom stereocenters. The monoisotopic (exact) mass is 264 g/mol. The van der Waals surface area contributed by atoms with Crippen LogP contribution in [0, 0.1) is 6.92 Å². The number of hydrogen-bond donors (Lipinski definition) is 0. The van der Waals surface area contributed by atoms with Crippen LogP contribution in [0.4, 0.5) is 0 Å². The van der Waals surface area contributed by atoms with E-state index in [-0.39, 0.29) is 5.78 Å². The second-order valence-corrected chi connectivity index (χ2v) is 5.45. The van der Waals surface area contributed by atoms with Crippen molar-refractivity contribution in [3.63, 3.8) is 0 Å². The van der Waals surface area contributed by atoms with Crippen molar-refractivity contribution in [3.05, 3.63) is 17.5 Å². The molecule has 0 aromatic carbocycles. The van der Waals surface area contributed by atoms with E-state index in [0.29, 0.717) is 6.42 Å². The fourth-order valence-electron chi connectivity index (χ4n) is 2.43. The van der Waals surface area contributed by atoms with E-state index in [4.69, 9.17) is 0 Å². The van der Waals surface area contributed by atoms with Crippen LogP contribution < -0.4 is 0 Å². The number of nitrogens with zero attached hydrogens (tertiary/aromatic N) is 2. The van der Waals surface area contributed by atoms with E-state index in [1.165, 1.54) is 44.9 Å². The number of carbonyl (C=O) groups excluding carboxylic acids is 1. The van der Waals surface area contributed by atoms with Gasteiger partial charge in [0.1, 0.15) is 0 Å². The predicted molar refractivity (Wildman–Crippen MR) is 79.5 cm³/mol. The summed E-state index contributed by atoms with van der Waals surface area (Å²) in [4.78, 5) is 12.0. The molecular formula is C16H28N2O. The normalized spacial score (nSPS) is 10.9. The number of rotatable bonds is 10. The predicted octanol–water partition coefficient (Wildman–Crippen LogP) is 4.44. The van der Waals surface area contributed by atoms with Gasteiger partial charge in [0, 0.05) is 19.7 Å². The summed E-state index contributed by atoms with van der Waals surface area (Å²) in [6.45, 7) is 4.15. The first kappa shape index (κ1) is 15.9. The van der Waals surface area contributed by atoms with Crippen LogP contribution in [0.15, 0.2) is 6.20 Å². The van der Waals surface area contributed by atoms with Crippen LogP contribution in [0.3, 0.4) is 0 Å². The van der Waals surface area contributed by atoms with Gasteiger partial charge >= 0.3 is 0 Å². The molecule has 0 saturated heterocycles. The van der Waals surface area contributed by atoms with E-state index < -0.39 is 0 Å². The highest BCUT2D eigenvalue weighted by Crippen LogP contribution is 2.13. The van der Waals surface area contributed by atoms with Gasteiger partial charge in [-0.2, -0.15) is 5.10 Å². The van der Waals surface area contributed by atoms with Gasteiger partial charge in [0.25, 0.3) is 0 Å². The lowest BCUT2D eigenvalue weighted by Crippen LogP contribution is -1.99. The molecule has 1 rings (SSSR count). The summed E-state index contributed by atoms with van der Waals surface area (Å²) < 4.78 is 1.72. The molecule has 19 heavy (non-hydrogen) atoms. The minimum atomic E-state index is 0.247. The molecule has 1 heterocycles. The first-order valence-electron chi connectivity index (χ1n) is 7.68. The topological polar surface area (TPSA) is 34.9 Å². The van der Waals surface area contributed by atoms with E-state index in [1.807, 2.05) is 20.2 Å². The Hall–Kier alpha value is -1.12. The highest BCUT2D eigenvalue weighted by molar-refractivity contribution is 5.96. The molecule has 3 nitrogen and oxygen atoms in total. The summed E-state index contributed by atoms with van der Waals surface area (Å²) in [5, 5.41) is 4.21. The summed E-state index contributed by atoms with van der Waals surface area (Å²) in [5.74, 6) is 0.247. The molecule has 0 spiro atoms. The van der Waals surface area contributed by atoms with Gasteiger partial charge in [0.15, 0.2) is 5.78 Å². The van der Waals surface area contributed by atoms with E-state index in [0.717, 1.165) is 17.7 Å². The molecule has 0 radical (unpaired) electrons. The SMILES string of the molecule is CCCCCCCCCCC(=O)c1cn(C)nc1C. The fourth-order valence-corrected chi connectivity index (χ4v) is 2.43. The third kappa shape index (κ3) is 6.04. The summed E-state index contributed by atoms with van der Waals surface area (Å²) in [5.41, 5.74) is 1.65. The molecule has 0 N–H and O–H groups in total. The Morgan fingerprint density at radius 3 is 2.21 bits per heavy atom. The maximum atomic E-state index is 12.0. The zero-order chi connectivity index (χ0) is 14.1. The zero-order valence-corrected chi connectivity index (χ0v) is 12.7. The number of hydrogen-bond acceptors (Lipinski definition) is 2. The zero-order valence-electron chi connectivity index (χ0n) is 12.7. The third-order valence-corrected chi connectivity index (χ3v) is 3.57. The molecule has 0 atom stereocenters. The molecule has 0 amide bonds. The molecule has 0 bridgehead atoms. The van der Waals surface area contributed by atoms with E-state index in [2.05, 4.69) is 12.0 Å². The third-order valence-electron chi connectivity index (χ3n) is 3.57.